The van der Waals surface area contributed by atoms with Crippen LogP contribution in [0.1, 0.15) is 5.56 Å². The molecular formula is C13H12BrNO2. The molecule has 1 aromatic heterocycles. The summed E-state index contributed by atoms with van der Waals surface area (Å²) in [6.07, 6.45) is 1.85. The minimum absolute atomic E-state index is 0.0146. The van der Waals surface area contributed by atoms with Crippen molar-refractivity contribution >= 4 is 21.9 Å². The minimum atomic E-state index is -0.834. The third kappa shape index (κ3) is 2.77. The average molecular weight is 294 g/mol. The lowest BCUT2D eigenvalue weighted by atomic mass is 10.1. The number of aliphatic carboxylic acids is 1. The van der Waals surface area contributed by atoms with Gasteiger partial charge in [0.2, 0.25) is 0 Å². The lowest BCUT2D eigenvalue weighted by molar-refractivity contribution is -0.137. The van der Waals surface area contributed by atoms with E-state index >= 15 is 0 Å². The lowest BCUT2D eigenvalue weighted by Crippen LogP contribution is -2.08. The van der Waals surface area contributed by atoms with Crippen molar-refractivity contribution in [2.45, 2.75) is 13.5 Å². The van der Waals surface area contributed by atoms with Crippen LogP contribution in [-0.2, 0) is 11.3 Å². The first-order chi connectivity index (χ1) is 8.06. The number of aryl methyl sites for hydroxylation is 1. The SMILES string of the molecule is Cc1cc(-c2ccc(Br)cc2)n(CC(=O)O)c1. The normalized spacial score (nSPS) is 10.5. The average Bonchev–Trinajstić information content (AvgIpc) is 2.59. The summed E-state index contributed by atoms with van der Waals surface area (Å²) in [5, 5.41) is 8.86. The van der Waals surface area contributed by atoms with Crippen molar-refractivity contribution < 1.29 is 9.90 Å². The smallest absolute Gasteiger partial charge is 0.323 e. The van der Waals surface area contributed by atoms with Gasteiger partial charge in [0.1, 0.15) is 6.54 Å². The van der Waals surface area contributed by atoms with Gasteiger partial charge in [-0.1, -0.05) is 28.1 Å². The van der Waals surface area contributed by atoms with Gasteiger partial charge in [0.25, 0.3) is 0 Å². The maximum Gasteiger partial charge on any atom is 0.323 e. The molecule has 0 saturated heterocycles. The summed E-state index contributed by atoms with van der Waals surface area (Å²) in [5.74, 6) is -0.834. The lowest BCUT2D eigenvalue weighted by Gasteiger charge is -2.06. The summed E-state index contributed by atoms with van der Waals surface area (Å²) in [4.78, 5) is 10.8. The van der Waals surface area contributed by atoms with Gasteiger partial charge in [-0.2, -0.15) is 0 Å². The Labute approximate surface area is 108 Å². The Morgan fingerprint density at radius 1 is 1.35 bits per heavy atom. The van der Waals surface area contributed by atoms with Gasteiger partial charge in [-0.3, -0.25) is 4.79 Å². The van der Waals surface area contributed by atoms with Gasteiger partial charge < -0.3 is 9.67 Å². The molecule has 17 heavy (non-hydrogen) atoms. The Morgan fingerprint density at radius 2 is 2.00 bits per heavy atom. The maximum absolute atomic E-state index is 10.8. The predicted molar refractivity (Wildman–Crippen MR) is 69.9 cm³/mol. The number of carboxylic acids is 1. The molecule has 0 atom stereocenters. The molecule has 0 aliphatic rings. The van der Waals surface area contributed by atoms with E-state index in [4.69, 9.17) is 5.11 Å². The second-order valence-corrected chi connectivity index (χ2v) is 4.85. The summed E-state index contributed by atoms with van der Waals surface area (Å²) in [5.41, 5.74) is 3.00. The number of carbonyl (C=O) groups is 1. The standard InChI is InChI=1S/C13H12BrNO2/c1-9-6-12(15(7-9)8-13(16)17)10-2-4-11(14)5-3-10/h2-7H,8H2,1H3,(H,16,17). The summed E-state index contributed by atoms with van der Waals surface area (Å²) in [7, 11) is 0. The topological polar surface area (TPSA) is 42.2 Å². The molecule has 0 spiro atoms. The highest BCUT2D eigenvalue weighted by molar-refractivity contribution is 9.10. The molecule has 0 fully saturated rings. The van der Waals surface area contributed by atoms with E-state index in [9.17, 15) is 4.79 Å². The number of carboxylic acid groups (broad SMARTS) is 1. The number of hydrogen-bond donors (Lipinski definition) is 1. The molecule has 0 amide bonds. The summed E-state index contributed by atoms with van der Waals surface area (Å²) in [6, 6.07) is 9.83. The van der Waals surface area contributed by atoms with Gasteiger partial charge in [0, 0.05) is 16.4 Å². The first kappa shape index (κ1) is 11.9. The number of aromatic nitrogens is 1. The van der Waals surface area contributed by atoms with Crippen molar-refractivity contribution in [2.75, 3.05) is 0 Å². The molecule has 0 aliphatic heterocycles. The number of nitrogens with zero attached hydrogens (tertiary/aromatic N) is 1. The molecule has 0 aliphatic carbocycles. The molecule has 0 saturated carbocycles. The highest BCUT2D eigenvalue weighted by atomic mass is 79.9. The quantitative estimate of drug-likeness (QED) is 0.943. The third-order valence-electron chi connectivity index (χ3n) is 2.48. The molecule has 2 aromatic rings. The summed E-state index contributed by atoms with van der Waals surface area (Å²) in [6.45, 7) is 1.94. The molecular weight excluding hydrogens is 282 g/mol. The van der Waals surface area contributed by atoms with Crippen LogP contribution < -0.4 is 0 Å². The second kappa shape index (κ2) is 4.75. The monoisotopic (exact) mass is 293 g/mol. The molecule has 3 nitrogen and oxygen atoms in total. The molecule has 1 N–H and O–H groups in total. The van der Waals surface area contributed by atoms with Crippen LogP contribution in [0.15, 0.2) is 41.0 Å². The molecule has 0 unspecified atom stereocenters. The van der Waals surface area contributed by atoms with E-state index in [1.807, 2.05) is 43.5 Å². The zero-order valence-electron chi connectivity index (χ0n) is 9.35. The van der Waals surface area contributed by atoms with Crippen molar-refractivity contribution in [3.63, 3.8) is 0 Å². The minimum Gasteiger partial charge on any atom is -0.480 e. The highest BCUT2D eigenvalue weighted by Gasteiger charge is 2.08. The van der Waals surface area contributed by atoms with Crippen LogP contribution in [0.2, 0.25) is 0 Å². The first-order valence-corrected chi connectivity index (χ1v) is 6.00. The highest BCUT2D eigenvalue weighted by Crippen LogP contribution is 2.24. The zero-order valence-corrected chi connectivity index (χ0v) is 10.9. The predicted octanol–water partition coefficient (Wildman–Crippen LogP) is 3.31. The molecule has 1 heterocycles. The molecule has 2 rings (SSSR count). The van der Waals surface area contributed by atoms with Gasteiger partial charge in [-0.05, 0) is 36.2 Å². The molecule has 4 heteroatoms. The fraction of sp³-hybridized carbons (Fsp3) is 0.154. The van der Waals surface area contributed by atoms with Crippen LogP contribution in [0.4, 0.5) is 0 Å². The Hall–Kier alpha value is -1.55. The van der Waals surface area contributed by atoms with Gasteiger partial charge in [-0.15, -0.1) is 0 Å². The van der Waals surface area contributed by atoms with Crippen molar-refractivity contribution in [1.29, 1.82) is 0 Å². The van der Waals surface area contributed by atoms with E-state index in [1.54, 1.807) is 4.57 Å². The zero-order chi connectivity index (χ0) is 12.4. The van der Waals surface area contributed by atoms with Crippen LogP contribution in [0, 0.1) is 6.92 Å². The summed E-state index contributed by atoms with van der Waals surface area (Å²) >= 11 is 3.38. The Bertz CT molecular complexity index is 543. The van der Waals surface area contributed by atoms with E-state index in [2.05, 4.69) is 15.9 Å². The molecule has 1 aromatic carbocycles. The van der Waals surface area contributed by atoms with Gasteiger partial charge in [0.15, 0.2) is 0 Å². The number of halogens is 1. The van der Waals surface area contributed by atoms with E-state index < -0.39 is 5.97 Å². The Morgan fingerprint density at radius 3 is 2.59 bits per heavy atom. The first-order valence-electron chi connectivity index (χ1n) is 5.21. The number of rotatable bonds is 3. The molecule has 88 valence electrons. The Kier molecular flexibility index (Phi) is 3.33. The molecule has 0 bridgehead atoms. The van der Waals surface area contributed by atoms with E-state index in [0.29, 0.717) is 0 Å². The van der Waals surface area contributed by atoms with E-state index in [0.717, 1.165) is 21.3 Å². The number of benzene rings is 1. The van der Waals surface area contributed by atoms with Gasteiger partial charge >= 0.3 is 5.97 Å². The fourth-order valence-corrected chi connectivity index (χ4v) is 2.06. The van der Waals surface area contributed by atoms with Crippen molar-refractivity contribution in [1.82, 2.24) is 4.57 Å². The van der Waals surface area contributed by atoms with Crippen molar-refractivity contribution in [3.05, 3.63) is 46.6 Å². The number of hydrogen-bond acceptors (Lipinski definition) is 1. The van der Waals surface area contributed by atoms with E-state index in [1.165, 1.54) is 0 Å². The van der Waals surface area contributed by atoms with Crippen LogP contribution in [0.3, 0.4) is 0 Å². The summed E-state index contributed by atoms with van der Waals surface area (Å²) < 4.78 is 2.76. The fourth-order valence-electron chi connectivity index (χ4n) is 1.80. The van der Waals surface area contributed by atoms with E-state index in [-0.39, 0.29) is 6.54 Å². The third-order valence-corrected chi connectivity index (χ3v) is 3.01. The van der Waals surface area contributed by atoms with Crippen molar-refractivity contribution in [3.8, 4) is 11.3 Å². The van der Waals surface area contributed by atoms with Crippen LogP contribution in [-0.4, -0.2) is 15.6 Å². The van der Waals surface area contributed by atoms with Gasteiger partial charge in [-0.25, -0.2) is 0 Å². The van der Waals surface area contributed by atoms with Gasteiger partial charge in [0.05, 0.1) is 0 Å². The largest absolute Gasteiger partial charge is 0.480 e. The Balaban J connectivity index is 2.43. The maximum atomic E-state index is 10.8. The van der Waals surface area contributed by atoms with Crippen molar-refractivity contribution in [2.24, 2.45) is 0 Å². The van der Waals surface area contributed by atoms with Crippen LogP contribution in [0.5, 0.6) is 0 Å². The van der Waals surface area contributed by atoms with Crippen LogP contribution >= 0.6 is 15.9 Å². The second-order valence-electron chi connectivity index (χ2n) is 3.93. The van der Waals surface area contributed by atoms with Crippen LogP contribution in [0.25, 0.3) is 11.3 Å². The molecule has 0 radical (unpaired) electrons.